The minimum absolute atomic E-state index is 0.287. The summed E-state index contributed by atoms with van der Waals surface area (Å²) < 4.78 is 6.48. The number of rotatable bonds is 6. The van der Waals surface area contributed by atoms with Gasteiger partial charge in [-0.2, -0.15) is 0 Å². The van der Waals surface area contributed by atoms with Gasteiger partial charge in [-0.15, -0.1) is 11.3 Å². The zero-order valence-corrected chi connectivity index (χ0v) is 18.6. The summed E-state index contributed by atoms with van der Waals surface area (Å²) in [5.74, 6) is 0.425. The molecule has 2 aromatic carbocycles. The maximum atomic E-state index is 12.3. The molecule has 8 heteroatoms. The second kappa shape index (κ2) is 9.56. The lowest BCUT2D eigenvalue weighted by molar-refractivity contribution is -0.111. The van der Waals surface area contributed by atoms with Gasteiger partial charge in [0.25, 0.3) is 0 Å². The van der Waals surface area contributed by atoms with E-state index in [0.717, 1.165) is 15.6 Å². The molecule has 0 saturated heterocycles. The lowest BCUT2D eigenvalue weighted by Gasteiger charge is -2.07. The highest BCUT2D eigenvalue weighted by Gasteiger charge is 2.10. The van der Waals surface area contributed by atoms with Crippen molar-refractivity contribution in [2.24, 2.45) is 0 Å². The Morgan fingerprint density at radius 1 is 1.29 bits per heavy atom. The topological polar surface area (TPSA) is 51.2 Å². The van der Waals surface area contributed by atoms with E-state index >= 15 is 0 Å². The number of nitrogens with zero attached hydrogens (tertiary/aromatic N) is 1. The average molecular weight is 498 g/mol. The van der Waals surface area contributed by atoms with E-state index in [4.69, 9.17) is 27.9 Å². The van der Waals surface area contributed by atoms with Crippen LogP contribution in [0.25, 0.3) is 17.3 Å². The number of ether oxygens (including phenoxy) is 1. The van der Waals surface area contributed by atoms with Crippen molar-refractivity contribution in [2.75, 3.05) is 11.9 Å². The van der Waals surface area contributed by atoms with E-state index in [1.807, 2.05) is 30.5 Å². The molecule has 0 saturated carbocycles. The van der Waals surface area contributed by atoms with Gasteiger partial charge >= 0.3 is 0 Å². The molecule has 0 radical (unpaired) electrons. The quantitative estimate of drug-likeness (QED) is 0.375. The van der Waals surface area contributed by atoms with Crippen LogP contribution in [0.2, 0.25) is 10.0 Å². The van der Waals surface area contributed by atoms with Gasteiger partial charge in [-0.3, -0.25) is 10.1 Å². The van der Waals surface area contributed by atoms with Crippen LogP contribution >= 0.6 is 50.5 Å². The first-order valence-corrected chi connectivity index (χ1v) is 10.7. The molecule has 1 heterocycles. The molecule has 0 unspecified atom stereocenters. The first-order chi connectivity index (χ1) is 13.5. The molecule has 1 N–H and O–H groups in total. The van der Waals surface area contributed by atoms with E-state index in [1.54, 1.807) is 24.3 Å². The number of anilines is 1. The fourth-order valence-electron chi connectivity index (χ4n) is 2.40. The molecule has 0 bridgehead atoms. The molecule has 3 rings (SSSR count). The van der Waals surface area contributed by atoms with Crippen LogP contribution in [0.4, 0.5) is 5.13 Å². The summed E-state index contributed by atoms with van der Waals surface area (Å²) in [6, 6.07) is 10.8. The molecular weight excluding hydrogens is 483 g/mol. The molecular formula is C20H15BrCl2N2O2S. The predicted molar refractivity (Wildman–Crippen MR) is 121 cm³/mol. The largest absolute Gasteiger partial charge is 0.493 e. The van der Waals surface area contributed by atoms with Gasteiger partial charge in [0, 0.05) is 32.1 Å². The van der Waals surface area contributed by atoms with Crippen LogP contribution in [0.3, 0.4) is 0 Å². The van der Waals surface area contributed by atoms with Crippen molar-refractivity contribution >= 4 is 67.6 Å². The smallest absolute Gasteiger partial charge is 0.250 e. The zero-order chi connectivity index (χ0) is 20.1. The molecule has 0 spiro atoms. The summed E-state index contributed by atoms with van der Waals surface area (Å²) in [6.07, 6.45) is 3.15. The standard InChI is InChI=1S/C20H15BrCl2N2O2S/c1-2-27-18-7-4-13(21)9-12(18)3-8-19(26)25-20-24-17(11-28-20)15-6-5-14(22)10-16(15)23/h3-11H,2H2,1H3,(H,24,25,26)/b8-3+. The molecule has 0 atom stereocenters. The van der Waals surface area contributed by atoms with Gasteiger partial charge in [0.1, 0.15) is 5.75 Å². The van der Waals surface area contributed by atoms with E-state index in [1.165, 1.54) is 17.4 Å². The molecule has 3 aromatic rings. The highest BCUT2D eigenvalue weighted by molar-refractivity contribution is 9.10. The van der Waals surface area contributed by atoms with Gasteiger partial charge in [0.2, 0.25) is 5.91 Å². The minimum atomic E-state index is -0.287. The van der Waals surface area contributed by atoms with Gasteiger partial charge in [-0.1, -0.05) is 39.1 Å². The Morgan fingerprint density at radius 3 is 2.86 bits per heavy atom. The molecule has 1 aromatic heterocycles. The number of carbonyl (C=O) groups excluding carboxylic acids is 1. The monoisotopic (exact) mass is 496 g/mol. The number of benzene rings is 2. The summed E-state index contributed by atoms with van der Waals surface area (Å²) in [4.78, 5) is 16.7. The lowest BCUT2D eigenvalue weighted by atomic mass is 10.2. The molecule has 1 amide bonds. The van der Waals surface area contributed by atoms with Gasteiger partial charge in [0.15, 0.2) is 5.13 Å². The summed E-state index contributed by atoms with van der Waals surface area (Å²) in [5, 5.41) is 6.14. The van der Waals surface area contributed by atoms with E-state index < -0.39 is 0 Å². The first-order valence-electron chi connectivity index (χ1n) is 8.28. The molecule has 144 valence electrons. The third-order valence-electron chi connectivity index (χ3n) is 3.63. The van der Waals surface area contributed by atoms with Crippen LogP contribution in [0.15, 0.2) is 52.3 Å². The van der Waals surface area contributed by atoms with Crippen LogP contribution < -0.4 is 10.1 Å². The van der Waals surface area contributed by atoms with E-state index in [2.05, 4.69) is 26.2 Å². The van der Waals surface area contributed by atoms with Crippen molar-refractivity contribution in [2.45, 2.75) is 6.92 Å². The summed E-state index contributed by atoms with van der Waals surface area (Å²) in [5.41, 5.74) is 2.24. The Labute approximate surface area is 185 Å². The van der Waals surface area contributed by atoms with Crippen molar-refractivity contribution in [1.29, 1.82) is 0 Å². The van der Waals surface area contributed by atoms with E-state index in [0.29, 0.717) is 33.2 Å². The van der Waals surface area contributed by atoms with Crippen molar-refractivity contribution in [3.8, 4) is 17.0 Å². The summed E-state index contributed by atoms with van der Waals surface area (Å²) >= 11 is 16.9. The van der Waals surface area contributed by atoms with Crippen LogP contribution in [0.1, 0.15) is 12.5 Å². The molecule has 0 aliphatic carbocycles. The number of amides is 1. The van der Waals surface area contributed by atoms with Crippen molar-refractivity contribution in [3.05, 3.63) is 67.9 Å². The highest BCUT2D eigenvalue weighted by Crippen LogP contribution is 2.32. The SMILES string of the molecule is CCOc1ccc(Br)cc1/C=C/C(=O)Nc1nc(-c2ccc(Cl)cc2Cl)cs1. The third kappa shape index (κ3) is 5.35. The fourth-order valence-corrected chi connectivity index (χ4v) is 4.00. The second-order valence-corrected chi connectivity index (χ2v) is 8.22. The maximum absolute atomic E-state index is 12.3. The number of hydrogen-bond donors (Lipinski definition) is 1. The van der Waals surface area contributed by atoms with Crippen LogP contribution in [0, 0.1) is 0 Å². The predicted octanol–water partition coefficient (Wildman–Crippen LogP) is 6.93. The summed E-state index contributed by atoms with van der Waals surface area (Å²) in [7, 11) is 0. The first kappa shape index (κ1) is 20.9. The highest BCUT2D eigenvalue weighted by atomic mass is 79.9. The molecule has 4 nitrogen and oxygen atoms in total. The normalized spacial score (nSPS) is 11.0. The Bertz CT molecular complexity index is 1040. The van der Waals surface area contributed by atoms with Crippen molar-refractivity contribution < 1.29 is 9.53 Å². The van der Waals surface area contributed by atoms with E-state index in [-0.39, 0.29) is 5.91 Å². The zero-order valence-electron chi connectivity index (χ0n) is 14.7. The van der Waals surface area contributed by atoms with Crippen LogP contribution in [-0.2, 0) is 4.79 Å². The van der Waals surface area contributed by atoms with Crippen molar-refractivity contribution in [3.63, 3.8) is 0 Å². The lowest BCUT2D eigenvalue weighted by Crippen LogP contribution is -2.07. The van der Waals surface area contributed by atoms with Gasteiger partial charge in [0.05, 0.1) is 17.3 Å². The Balaban J connectivity index is 1.72. The van der Waals surface area contributed by atoms with Crippen LogP contribution in [-0.4, -0.2) is 17.5 Å². The number of halogens is 3. The maximum Gasteiger partial charge on any atom is 0.250 e. The number of hydrogen-bond acceptors (Lipinski definition) is 4. The fraction of sp³-hybridized carbons (Fsp3) is 0.100. The van der Waals surface area contributed by atoms with E-state index in [9.17, 15) is 4.79 Å². The Hall–Kier alpha value is -1.86. The minimum Gasteiger partial charge on any atom is -0.493 e. The summed E-state index contributed by atoms with van der Waals surface area (Å²) in [6.45, 7) is 2.46. The van der Waals surface area contributed by atoms with Gasteiger partial charge in [-0.25, -0.2) is 4.98 Å². The Morgan fingerprint density at radius 2 is 2.11 bits per heavy atom. The number of nitrogens with one attached hydrogen (secondary N) is 1. The second-order valence-electron chi connectivity index (χ2n) is 5.60. The molecule has 0 aliphatic heterocycles. The molecule has 28 heavy (non-hydrogen) atoms. The third-order valence-corrected chi connectivity index (χ3v) is 5.43. The number of aromatic nitrogens is 1. The Kier molecular flexibility index (Phi) is 7.13. The molecule has 0 aliphatic rings. The number of carbonyl (C=O) groups is 1. The van der Waals surface area contributed by atoms with Crippen molar-refractivity contribution in [1.82, 2.24) is 4.98 Å². The average Bonchev–Trinajstić information content (AvgIpc) is 3.10. The van der Waals surface area contributed by atoms with Gasteiger partial charge < -0.3 is 4.74 Å². The van der Waals surface area contributed by atoms with Gasteiger partial charge in [-0.05, 0) is 49.4 Å². The van der Waals surface area contributed by atoms with Crippen LogP contribution in [0.5, 0.6) is 5.75 Å². The number of thiazole rings is 1. The molecule has 0 fully saturated rings.